The number of aromatic nitrogens is 2. The quantitative estimate of drug-likeness (QED) is 0.166. The maximum absolute atomic E-state index is 16.0. The molecule has 0 fully saturated rings. The molecule has 0 saturated carbocycles. The molecule has 2 N–H and O–H groups in total. The monoisotopic (exact) mass is 691 g/mol. The maximum Gasteiger partial charge on any atom is 0.331 e. The Hall–Kier alpha value is -5.00. The van der Waals surface area contributed by atoms with E-state index in [0.717, 1.165) is 58.2 Å². The molecule has 0 saturated heterocycles. The van der Waals surface area contributed by atoms with Crippen LogP contribution in [0.15, 0.2) is 113 Å². The highest BCUT2D eigenvalue weighted by Gasteiger charge is 2.41. The number of hydrogen-bond acceptors (Lipinski definition) is 6. The zero-order valence-electron chi connectivity index (χ0n) is 27.7. The number of carbonyl (C=O) groups excluding carboxylic acids is 1. The topological polar surface area (TPSA) is 107 Å². The second-order valence-corrected chi connectivity index (χ2v) is 14.9. The molecule has 0 radical (unpaired) electrons. The van der Waals surface area contributed by atoms with Crippen molar-refractivity contribution >= 4 is 21.6 Å². The first-order valence-electron chi connectivity index (χ1n) is 16.9. The van der Waals surface area contributed by atoms with E-state index in [9.17, 15) is 9.18 Å². The van der Waals surface area contributed by atoms with Gasteiger partial charge < -0.3 is 14.8 Å². The number of aryl methyl sites for hydroxylation is 1. The number of carbonyl (C=O) groups is 1. The van der Waals surface area contributed by atoms with E-state index >= 15 is 4.21 Å². The standard InChI is InChI=1S/C39H38FN5O4S/c1-48-25-32-24-45-37(49-32)35(23-41-45)50(47,43-38(46)42-36-33-19-11-12-26(33)20-27-21-31(40)22-34(27)36)44-39(28-13-5-2-6-14-28,29-15-7-3-8-16-29)30-17-9-4-10-18-30/h2-10,13-18,20,23,31-32H,11-12,19,21-22,24-25H2,1H3,(H2,42,43,44,46,47)/t31-,32+,50?/m0/s1. The minimum Gasteiger partial charge on any atom is -0.469 e. The average molecular weight is 692 g/mol. The number of nitrogens with zero attached hydrogens (tertiary/aromatic N) is 3. The third-order valence-corrected chi connectivity index (χ3v) is 11.7. The number of rotatable bonds is 9. The van der Waals surface area contributed by atoms with E-state index in [1.54, 1.807) is 11.8 Å². The van der Waals surface area contributed by atoms with Gasteiger partial charge in [0.2, 0.25) is 5.88 Å². The number of alkyl halides is 1. The smallest absolute Gasteiger partial charge is 0.331 e. The van der Waals surface area contributed by atoms with Gasteiger partial charge in [-0.25, -0.2) is 22.8 Å². The summed E-state index contributed by atoms with van der Waals surface area (Å²) in [6.45, 7) is 0.690. The highest BCUT2D eigenvalue weighted by atomic mass is 32.2. The van der Waals surface area contributed by atoms with Crippen molar-refractivity contribution in [3.63, 3.8) is 0 Å². The first kappa shape index (κ1) is 32.2. The number of halogens is 1. The molecule has 5 aromatic rings. The summed E-state index contributed by atoms with van der Waals surface area (Å²) in [4.78, 5) is 14.5. The Morgan fingerprint density at radius 1 is 0.960 bits per heavy atom. The Labute approximate surface area is 291 Å². The molecule has 3 aliphatic rings. The molecule has 0 bridgehead atoms. The summed E-state index contributed by atoms with van der Waals surface area (Å²) in [5.74, 6) is 0.256. The summed E-state index contributed by atoms with van der Waals surface area (Å²) >= 11 is 0. The average Bonchev–Trinajstić information content (AvgIpc) is 3.93. The summed E-state index contributed by atoms with van der Waals surface area (Å²) < 4.78 is 52.1. The summed E-state index contributed by atoms with van der Waals surface area (Å²) in [5, 5.41) is 7.56. The van der Waals surface area contributed by atoms with Crippen LogP contribution in [0.5, 0.6) is 5.88 Å². The third kappa shape index (κ3) is 5.64. The van der Waals surface area contributed by atoms with Crippen molar-refractivity contribution in [2.75, 3.05) is 19.0 Å². The van der Waals surface area contributed by atoms with Crippen LogP contribution in [-0.2, 0) is 52.4 Å². The number of hydrogen-bond donors (Lipinski definition) is 2. The molecule has 9 nitrogen and oxygen atoms in total. The van der Waals surface area contributed by atoms with Crippen LogP contribution >= 0.6 is 0 Å². The normalized spacial score (nSPS) is 18.8. The van der Waals surface area contributed by atoms with Crippen LogP contribution < -0.4 is 14.8 Å². The fourth-order valence-corrected chi connectivity index (χ4v) is 9.53. The van der Waals surface area contributed by atoms with Gasteiger partial charge in [0.25, 0.3) is 0 Å². The van der Waals surface area contributed by atoms with Crippen molar-refractivity contribution < 1.29 is 22.9 Å². The Balaban J connectivity index is 1.33. The fraction of sp³-hybridized carbons (Fsp3) is 0.282. The molecule has 2 amide bonds. The van der Waals surface area contributed by atoms with Crippen molar-refractivity contribution in [1.82, 2.24) is 14.5 Å². The highest BCUT2D eigenvalue weighted by molar-refractivity contribution is 7.92. The van der Waals surface area contributed by atoms with Gasteiger partial charge in [-0.05, 0) is 58.2 Å². The molecule has 3 atom stereocenters. The molecular weight excluding hydrogens is 654 g/mol. The van der Waals surface area contributed by atoms with E-state index in [1.807, 2.05) is 91.0 Å². The minimum absolute atomic E-state index is 0.144. The largest absolute Gasteiger partial charge is 0.469 e. The molecule has 256 valence electrons. The van der Waals surface area contributed by atoms with Crippen LogP contribution in [0.3, 0.4) is 0 Å². The Kier molecular flexibility index (Phi) is 8.40. The zero-order valence-corrected chi connectivity index (χ0v) is 28.5. The molecule has 50 heavy (non-hydrogen) atoms. The van der Waals surface area contributed by atoms with Gasteiger partial charge in [0.05, 0.1) is 19.3 Å². The molecule has 11 heteroatoms. The van der Waals surface area contributed by atoms with Crippen LogP contribution in [0.25, 0.3) is 0 Å². The van der Waals surface area contributed by atoms with Gasteiger partial charge in [0.15, 0.2) is 9.92 Å². The van der Waals surface area contributed by atoms with Crippen LogP contribution in [0.4, 0.5) is 14.9 Å². The Morgan fingerprint density at radius 3 is 2.22 bits per heavy atom. The number of anilines is 1. The first-order chi connectivity index (χ1) is 24.4. The lowest BCUT2D eigenvalue weighted by Crippen LogP contribution is -2.38. The third-order valence-electron chi connectivity index (χ3n) is 9.84. The van der Waals surface area contributed by atoms with Crippen LogP contribution in [0, 0.1) is 0 Å². The van der Waals surface area contributed by atoms with Gasteiger partial charge >= 0.3 is 6.03 Å². The van der Waals surface area contributed by atoms with E-state index < -0.39 is 27.7 Å². The molecule has 2 heterocycles. The molecule has 1 aliphatic heterocycles. The van der Waals surface area contributed by atoms with Gasteiger partial charge in [-0.2, -0.15) is 9.46 Å². The Morgan fingerprint density at radius 2 is 1.60 bits per heavy atom. The number of methoxy groups -OCH3 is 1. The summed E-state index contributed by atoms with van der Waals surface area (Å²) in [6, 6.07) is 30.3. The molecule has 4 aromatic carbocycles. The van der Waals surface area contributed by atoms with Gasteiger partial charge in [0.1, 0.15) is 22.7 Å². The number of fused-ring (bicyclic) bond motifs is 3. The number of amides is 2. The minimum atomic E-state index is -3.91. The highest BCUT2D eigenvalue weighted by Crippen LogP contribution is 2.44. The van der Waals surface area contributed by atoms with Crippen molar-refractivity contribution in [1.29, 1.82) is 0 Å². The number of ether oxygens (including phenoxy) is 2. The van der Waals surface area contributed by atoms with Gasteiger partial charge in [0, 0.05) is 25.6 Å². The van der Waals surface area contributed by atoms with Crippen LogP contribution in [-0.4, -0.2) is 46.0 Å². The fourth-order valence-electron chi connectivity index (χ4n) is 7.69. The molecular formula is C39H38FN5O4S. The first-order valence-corrected chi connectivity index (χ1v) is 18.4. The lowest BCUT2D eigenvalue weighted by Gasteiger charge is -2.33. The number of nitrogens with one attached hydrogen (secondary N) is 2. The summed E-state index contributed by atoms with van der Waals surface area (Å²) in [7, 11) is -2.32. The van der Waals surface area contributed by atoms with Crippen molar-refractivity contribution in [3.05, 3.63) is 142 Å². The van der Waals surface area contributed by atoms with Crippen molar-refractivity contribution in [2.45, 2.75) is 61.4 Å². The maximum atomic E-state index is 16.0. The SMILES string of the molecule is COC[C@H]1Cn2ncc(S(=O)(=NC(c3ccccc3)(c3ccccc3)c3ccccc3)NC(=O)Nc3c4c(cc5c3C[C@@H](F)C5)CCC4)c2O1. The van der Waals surface area contributed by atoms with Gasteiger partial charge in [-0.15, -0.1) is 0 Å². The summed E-state index contributed by atoms with van der Waals surface area (Å²) in [5.41, 5.74) is 5.40. The molecule has 1 aromatic heterocycles. The predicted molar refractivity (Wildman–Crippen MR) is 189 cm³/mol. The lowest BCUT2D eigenvalue weighted by atomic mass is 9.78. The van der Waals surface area contributed by atoms with Crippen molar-refractivity contribution in [2.24, 2.45) is 4.36 Å². The van der Waals surface area contributed by atoms with E-state index in [2.05, 4.69) is 21.2 Å². The molecule has 8 rings (SSSR count). The molecule has 1 unspecified atom stereocenters. The molecule has 2 aliphatic carbocycles. The second-order valence-electron chi connectivity index (χ2n) is 13.1. The van der Waals surface area contributed by atoms with Crippen molar-refractivity contribution in [3.8, 4) is 5.88 Å². The predicted octanol–water partition coefficient (Wildman–Crippen LogP) is 6.77. The summed E-state index contributed by atoms with van der Waals surface area (Å²) in [6.07, 6.45) is 3.25. The van der Waals surface area contributed by atoms with Gasteiger partial charge in [-0.3, -0.25) is 0 Å². The van der Waals surface area contributed by atoms with E-state index in [1.165, 1.54) is 6.20 Å². The second kappa shape index (κ2) is 13.0. The van der Waals surface area contributed by atoms with E-state index in [-0.39, 0.29) is 23.3 Å². The van der Waals surface area contributed by atoms with Crippen LogP contribution in [0.1, 0.15) is 45.4 Å². The van der Waals surface area contributed by atoms with E-state index in [0.29, 0.717) is 25.3 Å². The zero-order chi connectivity index (χ0) is 34.3. The van der Waals surface area contributed by atoms with E-state index in [4.69, 9.17) is 13.8 Å². The number of benzene rings is 4. The van der Waals surface area contributed by atoms with Gasteiger partial charge in [-0.1, -0.05) is 97.1 Å². The lowest BCUT2D eigenvalue weighted by molar-refractivity contribution is 0.0920. The molecule has 0 spiro atoms. The van der Waals surface area contributed by atoms with Crippen LogP contribution in [0.2, 0.25) is 0 Å². The Bertz CT molecular complexity index is 2070. The number of urea groups is 1.